The number of aliphatic carboxylic acids is 1. The molecule has 1 rings (SSSR count). The molecule has 6 nitrogen and oxygen atoms in total. The highest BCUT2D eigenvalue weighted by Gasteiger charge is 2.11. The van der Waals surface area contributed by atoms with Crippen LogP contribution in [0.5, 0.6) is 0 Å². The Labute approximate surface area is 92.2 Å². The largest absolute Gasteiger partial charge is 0.480 e. The molecule has 0 fully saturated rings. The van der Waals surface area contributed by atoms with Crippen LogP contribution < -0.4 is 5.32 Å². The normalized spacial score (nSPS) is 12.1. The van der Waals surface area contributed by atoms with E-state index in [-0.39, 0.29) is 18.6 Å². The molecule has 0 radical (unpaired) electrons. The zero-order valence-electron chi connectivity index (χ0n) is 8.80. The molecular formula is C10H13NO5. The van der Waals surface area contributed by atoms with E-state index in [9.17, 15) is 9.59 Å². The molecule has 0 bridgehead atoms. The highest BCUT2D eigenvalue weighted by molar-refractivity contribution is 5.78. The van der Waals surface area contributed by atoms with Gasteiger partial charge in [0.1, 0.15) is 19.0 Å². The number of amides is 1. The van der Waals surface area contributed by atoms with Crippen molar-refractivity contribution in [2.45, 2.75) is 13.0 Å². The van der Waals surface area contributed by atoms with Gasteiger partial charge in [-0.1, -0.05) is 0 Å². The van der Waals surface area contributed by atoms with E-state index in [4.69, 9.17) is 9.52 Å². The quantitative estimate of drug-likeness (QED) is 0.741. The van der Waals surface area contributed by atoms with Crippen molar-refractivity contribution >= 4 is 11.9 Å². The Balaban J connectivity index is 2.26. The predicted molar refractivity (Wildman–Crippen MR) is 53.7 cm³/mol. The molecule has 1 heterocycles. The number of furan rings is 1. The molecule has 0 aliphatic rings. The van der Waals surface area contributed by atoms with Crippen LogP contribution in [0.15, 0.2) is 22.8 Å². The number of carbonyl (C=O) groups is 2. The summed E-state index contributed by atoms with van der Waals surface area (Å²) in [5.74, 6) is -0.858. The van der Waals surface area contributed by atoms with Gasteiger partial charge in [-0.3, -0.25) is 4.79 Å². The van der Waals surface area contributed by atoms with E-state index in [2.05, 4.69) is 10.1 Å². The second-order valence-corrected chi connectivity index (χ2v) is 3.19. The maximum atomic E-state index is 11.3. The van der Waals surface area contributed by atoms with Crippen LogP contribution in [0.25, 0.3) is 0 Å². The van der Waals surface area contributed by atoms with Crippen LogP contribution in [0, 0.1) is 0 Å². The summed E-state index contributed by atoms with van der Waals surface area (Å²) in [7, 11) is 0. The van der Waals surface area contributed by atoms with E-state index < -0.39 is 12.6 Å². The number of hydrogen-bond acceptors (Lipinski definition) is 4. The van der Waals surface area contributed by atoms with E-state index in [0.29, 0.717) is 5.76 Å². The average Bonchev–Trinajstić information content (AvgIpc) is 2.69. The lowest BCUT2D eigenvalue weighted by atomic mass is 10.2. The van der Waals surface area contributed by atoms with Gasteiger partial charge in [-0.2, -0.15) is 0 Å². The third-order valence-corrected chi connectivity index (χ3v) is 1.81. The fraction of sp³-hybridized carbons (Fsp3) is 0.400. The zero-order valence-corrected chi connectivity index (χ0v) is 8.80. The smallest absolute Gasteiger partial charge is 0.329 e. The maximum absolute atomic E-state index is 11.3. The summed E-state index contributed by atoms with van der Waals surface area (Å²) in [5.41, 5.74) is 0. The molecule has 0 aromatic carbocycles. The van der Waals surface area contributed by atoms with Gasteiger partial charge in [0.25, 0.3) is 0 Å². The lowest BCUT2D eigenvalue weighted by Gasteiger charge is -2.10. The highest BCUT2D eigenvalue weighted by Crippen LogP contribution is 2.11. The first-order chi connectivity index (χ1) is 7.59. The van der Waals surface area contributed by atoms with Crippen LogP contribution in [0.3, 0.4) is 0 Å². The first-order valence-corrected chi connectivity index (χ1v) is 4.72. The second kappa shape index (κ2) is 5.92. The van der Waals surface area contributed by atoms with Gasteiger partial charge >= 0.3 is 5.97 Å². The molecule has 1 aromatic heterocycles. The van der Waals surface area contributed by atoms with Crippen molar-refractivity contribution in [1.82, 2.24) is 5.32 Å². The van der Waals surface area contributed by atoms with Crippen molar-refractivity contribution < 1.29 is 23.8 Å². The lowest BCUT2D eigenvalue weighted by molar-refractivity contribution is -0.143. The van der Waals surface area contributed by atoms with Crippen LogP contribution in [-0.2, 0) is 14.3 Å². The number of nitrogens with one attached hydrogen (secondary N) is 1. The fourth-order valence-corrected chi connectivity index (χ4v) is 1.12. The predicted octanol–water partition coefficient (Wildman–Crippen LogP) is 0.558. The van der Waals surface area contributed by atoms with Gasteiger partial charge < -0.3 is 19.6 Å². The Morgan fingerprint density at radius 1 is 1.56 bits per heavy atom. The molecule has 0 spiro atoms. The molecule has 88 valence electrons. The van der Waals surface area contributed by atoms with E-state index in [1.807, 2.05) is 0 Å². The molecular weight excluding hydrogens is 214 g/mol. The van der Waals surface area contributed by atoms with Gasteiger partial charge in [0.2, 0.25) is 5.91 Å². The Kier molecular flexibility index (Phi) is 4.53. The van der Waals surface area contributed by atoms with Crippen molar-refractivity contribution in [3.8, 4) is 0 Å². The summed E-state index contributed by atoms with van der Waals surface area (Å²) in [6.45, 7) is 0.994. The summed E-state index contributed by atoms with van der Waals surface area (Å²) in [6.07, 6.45) is 1.51. The summed E-state index contributed by atoms with van der Waals surface area (Å²) >= 11 is 0. The standard InChI is InChI=1S/C10H13NO5/c1-7(8-3-2-4-16-8)11-9(12)5-15-6-10(13)14/h2-4,7H,5-6H2,1H3,(H,11,12)(H,13,14)/t7-/m0/s1. The minimum absolute atomic E-state index is 0.268. The van der Waals surface area contributed by atoms with Crippen molar-refractivity contribution in [3.63, 3.8) is 0 Å². The van der Waals surface area contributed by atoms with Crippen LogP contribution in [-0.4, -0.2) is 30.2 Å². The van der Waals surface area contributed by atoms with Crippen molar-refractivity contribution in [2.75, 3.05) is 13.2 Å². The van der Waals surface area contributed by atoms with Gasteiger partial charge in [0.05, 0.1) is 12.3 Å². The Bertz CT molecular complexity index is 346. The maximum Gasteiger partial charge on any atom is 0.329 e. The van der Waals surface area contributed by atoms with Gasteiger partial charge in [0.15, 0.2) is 0 Å². The summed E-state index contributed by atoms with van der Waals surface area (Å²) in [4.78, 5) is 21.4. The monoisotopic (exact) mass is 227 g/mol. The van der Waals surface area contributed by atoms with Crippen LogP contribution in [0.1, 0.15) is 18.7 Å². The van der Waals surface area contributed by atoms with Gasteiger partial charge in [0, 0.05) is 0 Å². The number of rotatable bonds is 6. The lowest BCUT2D eigenvalue weighted by Crippen LogP contribution is -2.30. The summed E-state index contributed by atoms with van der Waals surface area (Å²) in [5, 5.41) is 10.9. The van der Waals surface area contributed by atoms with Gasteiger partial charge in [-0.05, 0) is 19.1 Å². The minimum atomic E-state index is -1.10. The topological polar surface area (TPSA) is 88.8 Å². The first kappa shape index (κ1) is 12.3. The van der Waals surface area contributed by atoms with E-state index in [0.717, 1.165) is 0 Å². The average molecular weight is 227 g/mol. The molecule has 0 unspecified atom stereocenters. The molecule has 0 aliphatic heterocycles. The first-order valence-electron chi connectivity index (χ1n) is 4.72. The SMILES string of the molecule is C[C@H](NC(=O)COCC(=O)O)c1ccco1. The van der Waals surface area contributed by atoms with Crippen molar-refractivity contribution in [3.05, 3.63) is 24.2 Å². The Morgan fingerprint density at radius 2 is 2.31 bits per heavy atom. The second-order valence-electron chi connectivity index (χ2n) is 3.19. The summed E-state index contributed by atoms with van der Waals surface area (Å²) < 4.78 is 9.72. The Morgan fingerprint density at radius 3 is 2.88 bits per heavy atom. The molecule has 1 atom stereocenters. The highest BCUT2D eigenvalue weighted by atomic mass is 16.5. The molecule has 0 saturated carbocycles. The van der Waals surface area contributed by atoms with Crippen LogP contribution in [0.2, 0.25) is 0 Å². The van der Waals surface area contributed by atoms with Crippen LogP contribution in [0.4, 0.5) is 0 Å². The molecule has 1 amide bonds. The van der Waals surface area contributed by atoms with Gasteiger partial charge in [-0.15, -0.1) is 0 Å². The van der Waals surface area contributed by atoms with E-state index >= 15 is 0 Å². The molecule has 2 N–H and O–H groups in total. The van der Waals surface area contributed by atoms with E-state index in [1.165, 1.54) is 6.26 Å². The number of carboxylic acid groups (broad SMARTS) is 1. The number of ether oxygens (including phenoxy) is 1. The molecule has 1 aromatic rings. The molecule has 16 heavy (non-hydrogen) atoms. The summed E-state index contributed by atoms with van der Waals surface area (Å²) in [6, 6.07) is 3.19. The third-order valence-electron chi connectivity index (χ3n) is 1.81. The molecule has 6 heteroatoms. The minimum Gasteiger partial charge on any atom is -0.480 e. The number of carboxylic acids is 1. The number of carbonyl (C=O) groups excluding carboxylic acids is 1. The van der Waals surface area contributed by atoms with Gasteiger partial charge in [-0.25, -0.2) is 4.79 Å². The third kappa shape index (κ3) is 4.14. The fourth-order valence-electron chi connectivity index (χ4n) is 1.12. The van der Waals surface area contributed by atoms with Crippen molar-refractivity contribution in [2.24, 2.45) is 0 Å². The number of hydrogen-bond donors (Lipinski definition) is 2. The molecule has 0 aliphatic carbocycles. The zero-order chi connectivity index (χ0) is 12.0. The van der Waals surface area contributed by atoms with Crippen LogP contribution >= 0.6 is 0 Å². The molecule has 0 saturated heterocycles. The van der Waals surface area contributed by atoms with E-state index in [1.54, 1.807) is 19.1 Å². The van der Waals surface area contributed by atoms with Crippen molar-refractivity contribution in [1.29, 1.82) is 0 Å². The Hall–Kier alpha value is -1.82.